The predicted octanol–water partition coefficient (Wildman–Crippen LogP) is 3.41. The molecule has 8 nitrogen and oxygen atoms in total. The van der Waals surface area contributed by atoms with Gasteiger partial charge in [-0.3, -0.25) is 19.9 Å². The summed E-state index contributed by atoms with van der Waals surface area (Å²) in [6.45, 7) is 2.27. The highest BCUT2D eigenvalue weighted by atomic mass is 16.6. The van der Waals surface area contributed by atoms with Crippen molar-refractivity contribution in [3.63, 3.8) is 0 Å². The number of allylic oxidation sites excluding steroid dienone is 1. The van der Waals surface area contributed by atoms with Crippen LogP contribution in [-0.4, -0.2) is 21.9 Å². The van der Waals surface area contributed by atoms with Gasteiger partial charge in [0.1, 0.15) is 0 Å². The van der Waals surface area contributed by atoms with Crippen molar-refractivity contribution in [2.45, 2.75) is 19.9 Å². The van der Waals surface area contributed by atoms with E-state index >= 15 is 0 Å². The summed E-state index contributed by atoms with van der Waals surface area (Å²) in [5, 5.41) is 18.3. The SMILES string of the molecule is CC/C(=C\NC)c1cc(=O)c([N+](=O)[O-])c(NCc2ccc3ncccc3c2)[nH]1. The quantitative estimate of drug-likeness (QED) is 0.428. The lowest BCUT2D eigenvalue weighted by atomic mass is 10.1. The van der Waals surface area contributed by atoms with Crippen LogP contribution >= 0.6 is 0 Å². The van der Waals surface area contributed by atoms with Crippen LogP contribution < -0.4 is 16.1 Å². The number of nitro groups is 1. The molecule has 0 aliphatic heterocycles. The Labute approximate surface area is 161 Å². The van der Waals surface area contributed by atoms with Gasteiger partial charge in [-0.1, -0.05) is 19.1 Å². The Balaban J connectivity index is 1.96. The van der Waals surface area contributed by atoms with Crippen molar-refractivity contribution in [2.24, 2.45) is 0 Å². The van der Waals surface area contributed by atoms with Crippen LogP contribution in [0.1, 0.15) is 24.6 Å². The molecule has 0 spiro atoms. The topological polar surface area (TPSA) is 113 Å². The zero-order chi connectivity index (χ0) is 20.1. The monoisotopic (exact) mass is 379 g/mol. The van der Waals surface area contributed by atoms with Crippen LogP contribution in [0.4, 0.5) is 11.5 Å². The molecule has 0 bridgehead atoms. The molecular weight excluding hydrogens is 358 g/mol. The summed E-state index contributed by atoms with van der Waals surface area (Å²) in [6.07, 6.45) is 4.15. The Morgan fingerprint density at radius 1 is 1.32 bits per heavy atom. The van der Waals surface area contributed by atoms with Gasteiger partial charge < -0.3 is 15.6 Å². The molecule has 0 radical (unpaired) electrons. The van der Waals surface area contributed by atoms with E-state index in [4.69, 9.17) is 0 Å². The van der Waals surface area contributed by atoms with Gasteiger partial charge in [-0.25, -0.2) is 0 Å². The third kappa shape index (κ3) is 4.01. The van der Waals surface area contributed by atoms with Crippen molar-refractivity contribution >= 4 is 28.0 Å². The second kappa shape index (κ2) is 8.34. The largest absolute Gasteiger partial charge is 0.394 e. The first-order valence-corrected chi connectivity index (χ1v) is 8.89. The standard InChI is InChI=1S/C20H21N5O3/c1-3-14(12-21-2)17-10-18(26)19(25(27)28)20(24-17)23-11-13-6-7-16-15(9-13)5-4-8-22-16/h4-10,12,21H,3,11H2,1-2H3,(H2,23,24,26)/b14-12+. The molecule has 0 aliphatic rings. The Kier molecular flexibility index (Phi) is 5.69. The highest BCUT2D eigenvalue weighted by Crippen LogP contribution is 2.23. The Morgan fingerprint density at radius 2 is 2.14 bits per heavy atom. The molecule has 2 aromatic heterocycles. The molecule has 0 unspecified atom stereocenters. The molecule has 0 amide bonds. The maximum absolute atomic E-state index is 12.4. The van der Waals surface area contributed by atoms with Crippen LogP contribution in [-0.2, 0) is 6.54 Å². The number of aromatic nitrogens is 2. The summed E-state index contributed by atoms with van der Waals surface area (Å²) in [4.78, 5) is 30.4. The van der Waals surface area contributed by atoms with Crippen LogP contribution in [0.2, 0.25) is 0 Å². The number of hydrogen-bond acceptors (Lipinski definition) is 6. The fourth-order valence-corrected chi connectivity index (χ4v) is 3.00. The molecule has 28 heavy (non-hydrogen) atoms. The van der Waals surface area contributed by atoms with E-state index in [2.05, 4.69) is 20.6 Å². The summed E-state index contributed by atoms with van der Waals surface area (Å²) in [5.74, 6) is 0.0919. The van der Waals surface area contributed by atoms with E-state index in [9.17, 15) is 14.9 Å². The molecule has 3 N–H and O–H groups in total. The maximum Gasteiger partial charge on any atom is 0.356 e. The first kappa shape index (κ1) is 19.1. The van der Waals surface area contributed by atoms with E-state index in [-0.39, 0.29) is 5.82 Å². The van der Waals surface area contributed by atoms with Gasteiger partial charge in [0.25, 0.3) is 5.43 Å². The van der Waals surface area contributed by atoms with E-state index < -0.39 is 16.0 Å². The van der Waals surface area contributed by atoms with Crippen molar-refractivity contribution in [2.75, 3.05) is 12.4 Å². The van der Waals surface area contributed by atoms with E-state index in [1.54, 1.807) is 19.4 Å². The van der Waals surface area contributed by atoms with Gasteiger partial charge in [-0.15, -0.1) is 0 Å². The molecule has 0 fully saturated rings. The first-order chi connectivity index (χ1) is 13.5. The van der Waals surface area contributed by atoms with Crippen LogP contribution in [0.3, 0.4) is 0 Å². The van der Waals surface area contributed by atoms with Gasteiger partial charge in [0.2, 0.25) is 0 Å². The molecule has 8 heteroatoms. The third-order valence-corrected chi connectivity index (χ3v) is 4.37. The summed E-state index contributed by atoms with van der Waals surface area (Å²) >= 11 is 0. The Hall–Kier alpha value is -3.68. The number of aromatic amines is 1. The minimum atomic E-state index is -0.664. The Morgan fingerprint density at radius 3 is 2.86 bits per heavy atom. The van der Waals surface area contributed by atoms with Crippen molar-refractivity contribution < 1.29 is 4.92 Å². The van der Waals surface area contributed by atoms with Crippen molar-refractivity contribution in [1.82, 2.24) is 15.3 Å². The van der Waals surface area contributed by atoms with E-state index in [1.165, 1.54) is 6.07 Å². The van der Waals surface area contributed by atoms with Crippen LogP contribution in [0.25, 0.3) is 16.5 Å². The van der Waals surface area contributed by atoms with E-state index in [0.717, 1.165) is 22.0 Å². The van der Waals surface area contributed by atoms with Crippen molar-refractivity contribution in [1.29, 1.82) is 0 Å². The lowest BCUT2D eigenvalue weighted by molar-refractivity contribution is -0.385. The molecule has 3 rings (SSSR count). The van der Waals surface area contributed by atoms with Crippen LogP contribution in [0, 0.1) is 10.1 Å². The second-order valence-corrected chi connectivity index (χ2v) is 6.22. The van der Waals surface area contributed by atoms with Gasteiger partial charge in [0, 0.05) is 43.1 Å². The smallest absolute Gasteiger partial charge is 0.356 e. The number of fused-ring (bicyclic) bond motifs is 1. The summed E-state index contributed by atoms with van der Waals surface area (Å²) in [7, 11) is 1.76. The highest BCUT2D eigenvalue weighted by Gasteiger charge is 2.21. The molecule has 0 atom stereocenters. The van der Waals surface area contributed by atoms with Gasteiger partial charge in [0.15, 0.2) is 5.82 Å². The molecule has 3 aromatic rings. The zero-order valence-corrected chi connectivity index (χ0v) is 15.7. The first-order valence-electron chi connectivity index (χ1n) is 8.89. The minimum Gasteiger partial charge on any atom is -0.394 e. The number of anilines is 1. The molecule has 0 aliphatic carbocycles. The van der Waals surface area contributed by atoms with Crippen molar-refractivity contribution in [3.8, 4) is 0 Å². The van der Waals surface area contributed by atoms with Crippen LogP contribution in [0.15, 0.2) is 53.6 Å². The number of benzene rings is 1. The fraction of sp³-hybridized carbons (Fsp3) is 0.200. The number of nitrogens with one attached hydrogen (secondary N) is 3. The fourth-order valence-electron chi connectivity index (χ4n) is 3.00. The molecular formula is C20H21N5O3. The summed E-state index contributed by atoms with van der Waals surface area (Å²) in [5.41, 5.74) is 2.04. The third-order valence-electron chi connectivity index (χ3n) is 4.37. The number of hydrogen-bond donors (Lipinski definition) is 3. The minimum absolute atomic E-state index is 0.0919. The maximum atomic E-state index is 12.4. The Bertz CT molecular complexity index is 1100. The number of pyridine rings is 2. The lowest BCUT2D eigenvalue weighted by Crippen LogP contribution is -2.15. The van der Waals surface area contributed by atoms with Gasteiger partial charge in [0.05, 0.1) is 10.4 Å². The number of H-pyrrole nitrogens is 1. The number of rotatable bonds is 7. The van der Waals surface area contributed by atoms with E-state index in [1.807, 2.05) is 37.3 Å². The van der Waals surface area contributed by atoms with Gasteiger partial charge in [-0.05, 0) is 35.8 Å². The highest BCUT2D eigenvalue weighted by molar-refractivity contribution is 5.79. The zero-order valence-electron chi connectivity index (χ0n) is 15.7. The predicted molar refractivity (Wildman–Crippen MR) is 110 cm³/mol. The average molecular weight is 379 g/mol. The second-order valence-electron chi connectivity index (χ2n) is 6.22. The summed E-state index contributed by atoms with van der Waals surface area (Å²) in [6, 6.07) is 10.8. The number of nitrogens with zero attached hydrogens (tertiary/aromatic N) is 2. The van der Waals surface area contributed by atoms with E-state index in [0.29, 0.717) is 18.7 Å². The van der Waals surface area contributed by atoms with Gasteiger partial charge in [-0.2, -0.15) is 0 Å². The molecule has 1 aromatic carbocycles. The molecule has 2 heterocycles. The van der Waals surface area contributed by atoms with Crippen LogP contribution in [0.5, 0.6) is 0 Å². The molecule has 144 valence electrons. The van der Waals surface area contributed by atoms with Crippen molar-refractivity contribution in [3.05, 3.63) is 80.4 Å². The lowest BCUT2D eigenvalue weighted by Gasteiger charge is -2.11. The molecule has 0 saturated carbocycles. The summed E-state index contributed by atoms with van der Waals surface area (Å²) < 4.78 is 0. The van der Waals surface area contributed by atoms with Gasteiger partial charge >= 0.3 is 5.69 Å². The normalized spacial score (nSPS) is 11.4. The molecule has 0 saturated heterocycles. The average Bonchev–Trinajstić information content (AvgIpc) is 2.69.